The molecule has 2 aromatic rings. The summed E-state index contributed by atoms with van der Waals surface area (Å²) >= 11 is 0. The van der Waals surface area contributed by atoms with Crippen molar-refractivity contribution in [3.05, 3.63) is 41.6 Å². The number of fused-ring (bicyclic) bond motifs is 1. The van der Waals surface area contributed by atoms with Gasteiger partial charge in [-0.2, -0.15) is 0 Å². The van der Waals surface area contributed by atoms with Gasteiger partial charge in [-0.3, -0.25) is 9.79 Å². The maximum absolute atomic E-state index is 12.9. The molecule has 2 aliphatic heterocycles. The molecule has 4 rings (SSSR count). The quantitative estimate of drug-likeness (QED) is 0.326. The Morgan fingerprint density at radius 2 is 1.94 bits per heavy atom. The highest BCUT2D eigenvalue weighted by Crippen LogP contribution is 2.33. The van der Waals surface area contributed by atoms with E-state index in [1.165, 1.54) is 37.2 Å². The number of allylic oxidation sites excluding steroid dienone is 1. The Morgan fingerprint density at radius 3 is 2.62 bits per heavy atom. The molecule has 1 N–H and O–H groups in total. The van der Waals surface area contributed by atoms with Crippen LogP contribution in [0.25, 0.3) is 10.9 Å². The predicted molar refractivity (Wildman–Crippen MR) is 142 cm³/mol. The number of piperidine rings is 1. The van der Waals surface area contributed by atoms with Crippen molar-refractivity contribution in [2.24, 2.45) is 10.9 Å². The molecular formula is C28H40N4O2. The summed E-state index contributed by atoms with van der Waals surface area (Å²) < 4.78 is 5.61. The summed E-state index contributed by atoms with van der Waals surface area (Å²) in [6.07, 6.45) is 6.12. The summed E-state index contributed by atoms with van der Waals surface area (Å²) in [5.74, 6) is 0.605. The van der Waals surface area contributed by atoms with Crippen molar-refractivity contribution in [1.82, 2.24) is 9.88 Å². The number of H-pyrrole nitrogens is 1. The highest BCUT2D eigenvalue weighted by Gasteiger charge is 2.24. The van der Waals surface area contributed by atoms with Gasteiger partial charge in [-0.1, -0.05) is 13.5 Å². The van der Waals surface area contributed by atoms with E-state index >= 15 is 0 Å². The van der Waals surface area contributed by atoms with Gasteiger partial charge in [0.05, 0.1) is 18.9 Å². The minimum Gasteiger partial charge on any atom is -0.378 e. The SMILES string of the molecule is C=C(/C=N\CCC)C(=O)c1cc2cc(CC3CCN(C(C)C)CC3)c(N3CCOCC3)cc2[nH]1. The van der Waals surface area contributed by atoms with E-state index in [-0.39, 0.29) is 5.78 Å². The van der Waals surface area contributed by atoms with Crippen molar-refractivity contribution >= 4 is 28.6 Å². The summed E-state index contributed by atoms with van der Waals surface area (Å²) in [6, 6.07) is 7.14. The highest BCUT2D eigenvalue weighted by atomic mass is 16.5. The summed E-state index contributed by atoms with van der Waals surface area (Å²) in [5.41, 5.74) is 4.68. The molecule has 0 aliphatic carbocycles. The summed E-state index contributed by atoms with van der Waals surface area (Å²) in [5, 5.41) is 1.09. The van der Waals surface area contributed by atoms with E-state index in [4.69, 9.17) is 4.74 Å². The molecule has 184 valence electrons. The molecule has 6 nitrogen and oxygen atoms in total. The van der Waals surface area contributed by atoms with Crippen LogP contribution in [0.4, 0.5) is 5.69 Å². The summed E-state index contributed by atoms with van der Waals surface area (Å²) in [4.78, 5) is 25.6. The van der Waals surface area contributed by atoms with Crippen molar-refractivity contribution in [3.63, 3.8) is 0 Å². The lowest BCUT2D eigenvalue weighted by Crippen LogP contribution is -2.39. The number of nitrogens with zero attached hydrogens (tertiary/aromatic N) is 3. The van der Waals surface area contributed by atoms with E-state index in [1.807, 2.05) is 6.07 Å². The fraction of sp³-hybridized carbons (Fsp3) is 0.571. The van der Waals surface area contributed by atoms with Gasteiger partial charge in [-0.15, -0.1) is 0 Å². The van der Waals surface area contributed by atoms with Crippen molar-refractivity contribution in [2.75, 3.05) is 50.8 Å². The number of nitrogens with one attached hydrogen (secondary N) is 1. The number of ketones is 1. The number of aliphatic imine (C=N–C) groups is 1. The van der Waals surface area contributed by atoms with Crippen molar-refractivity contribution in [3.8, 4) is 0 Å². The molecule has 0 saturated carbocycles. The first-order chi connectivity index (χ1) is 16.5. The third-order valence-electron chi connectivity index (χ3n) is 7.20. The van der Waals surface area contributed by atoms with E-state index in [9.17, 15) is 4.79 Å². The molecular weight excluding hydrogens is 424 g/mol. The van der Waals surface area contributed by atoms with Gasteiger partial charge in [0.25, 0.3) is 0 Å². The highest BCUT2D eigenvalue weighted by molar-refractivity contribution is 6.21. The number of aromatic nitrogens is 1. The number of morpholine rings is 1. The first-order valence-corrected chi connectivity index (χ1v) is 12.9. The van der Waals surface area contributed by atoms with Gasteiger partial charge < -0.3 is 19.5 Å². The third-order valence-corrected chi connectivity index (χ3v) is 7.20. The van der Waals surface area contributed by atoms with Gasteiger partial charge in [0.1, 0.15) is 0 Å². The van der Waals surface area contributed by atoms with Crippen LogP contribution in [0.15, 0.2) is 35.3 Å². The second kappa shape index (κ2) is 11.3. The Bertz CT molecular complexity index is 1020. The number of rotatable bonds is 9. The smallest absolute Gasteiger partial charge is 0.210 e. The minimum atomic E-state index is -0.0911. The van der Waals surface area contributed by atoms with Crippen LogP contribution in [0.2, 0.25) is 0 Å². The van der Waals surface area contributed by atoms with Crippen molar-refractivity contribution in [1.29, 1.82) is 0 Å². The molecule has 1 aromatic carbocycles. The monoisotopic (exact) mass is 464 g/mol. The molecule has 0 spiro atoms. The fourth-order valence-electron chi connectivity index (χ4n) is 5.12. The summed E-state index contributed by atoms with van der Waals surface area (Å²) in [7, 11) is 0. The molecule has 0 atom stereocenters. The van der Waals surface area contributed by atoms with Crippen LogP contribution in [0.5, 0.6) is 0 Å². The molecule has 0 amide bonds. The Hall–Kier alpha value is -2.44. The van der Waals surface area contributed by atoms with Crippen LogP contribution in [0, 0.1) is 5.92 Å². The van der Waals surface area contributed by atoms with Gasteiger partial charge in [0.2, 0.25) is 5.78 Å². The minimum absolute atomic E-state index is 0.0911. The maximum atomic E-state index is 12.9. The number of ether oxygens (including phenoxy) is 1. The van der Waals surface area contributed by atoms with Crippen LogP contribution >= 0.6 is 0 Å². The van der Waals surface area contributed by atoms with E-state index in [2.05, 4.69) is 59.3 Å². The molecule has 0 radical (unpaired) electrons. The normalized spacial score (nSPS) is 18.4. The number of hydrogen-bond acceptors (Lipinski definition) is 5. The van der Waals surface area contributed by atoms with Crippen LogP contribution in [0.3, 0.4) is 0 Å². The van der Waals surface area contributed by atoms with Gasteiger partial charge in [0, 0.05) is 54.1 Å². The van der Waals surface area contributed by atoms with Gasteiger partial charge >= 0.3 is 0 Å². The van der Waals surface area contributed by atoms with Crippen LogP contribution in [0.1, 0.15) is 56.1 Å². The lowest BCUT2D eigenvalue weighted by molar-refractivity contribution is 0.103. The zero-order chi connectivity index (χ0) is 24.1. The average molecular weight is 465 g/mol. The van der Waals surface area contributed by atoms with Crippen molar-refractivity contribution < 1.29 is 9.53 Å². The number of likely N-dealkylation sites (tertiary alicyclic amines) is 1. The second-order valence-corrected chi connectivity index (χ2v) is 10.0. The predicted octanol–water partition coefficient (Wildman–Crippen LogP) is 4.89. The zero-order valence-electron chi connectivity index (χ0n) is 21.1. The van der Waals surface area contributed by atoms with Crippen molar-refractivity contribution in [2.45, 2.75) is 52.5 Å². The van der Waals surface area contributed by atoms with E-state index in [0.29, 0.717) is 29.8 Å². The number of aromatic amines is 1. The first kappa shape index (κ1) is 24.7. The molecule has 3 heterocycles. The zero-order valence-corrected chi connectivity index (χ0v) is 21.1. The molecule has 34 heavy (non-hydrogen) atoms. The second-order valence-electron chi connectivity index (χ2n) is 10.0. The van der Waals surface area contributed by atoms with Gasteiger partial charge in [-0.05, 0) is 82.3 Å². The lowest BCUT2D eigenvalue weighted by atomic mass is 9.88. The average Bonchev–Trinajstić information content (AvgIpc) is 3.27. The number of hydrogen-bond donors (Lipinski definition) is 1. The van der Waals surface area contributed by atoms with Crippen LogP contribution < -0.4 is 4.90 Å². The molecule has 2 aliphatic rings. The topological polar surface area (TPSA) is 60.9 Å². The Kier molecular flexibility index (Phi) is 8.22. The molecule has 1 aromatic heterocycles. The third kappa shape index (κ3) is 5.78. The summed E-state index contributed by atoms with van der Waals surface area (Å²) in [6.45, 7) is 17.0. The molecule has 0 unspecified atom stereocenters. The fourth-order valence-corrected chi connectivity index (χ4v) is 5.12. The van der Waals surface area contributed by atoms with Gasteiger partial charge in [-0.25, -0.2) is 0 Å². The van der Waals surface area contributed by atoms with E-state index in [0.717, 1.165) is 50.0 Å². The number of Topliss-reactive ketones (excluding diaryl/α,β-unsaturated/α-hetero) is 1. The lowest BCUT2D eigenvalue weighted by Gasteiger charge is -2.36. The Labute approximate surface area is 204 Å². The Balaban J connectivity index is 1.59. The molecule has 2 fully saturated rings. The van der Waals surface area contributed by atoms with E-state index in [1.54, 1.807) is 6.21 Å². The van der Waals surface area contributed by atoms with Crippen LogP contribution in [-0.4, -0.2) is 73.9 Å². The standard InChI is InChI=1S/C28H40N4O2/c1-5-8-29-19-21(4)28(33)26-17-23-16-24(15-22-6-9-31(10-7-22)20(2)3)27(18-25(23)30-26)32-11-13-34-14-12-32/h16-20,22,30H,4-15H2,1-3H3/b29-19-. The Morgan fingerprint density at radius 1 is 1.21 bits per heavy atom. The van der Waals surface area contributed by atoms with E-state index < -0.39 is 0 Å². The number of carbonyl (C=O) groups excluding carboxylic acids is 1. The molecule has 6 heteroatoms. The molecule has 0 bridgehead atoms. The number of carbonyl (C=O) groups is 1. The molecule has 2 saturated heterocycles. The van der Waals surface area contributed by atoms with Crippen LogP contribution in [-0.2, 0) is 11.2 Å². The number of benzene rings is 1. The maximum Gasteiger partial charge on any atom is 0.210 e. The largest absolute Gasteiger partial charge is 0.378 e. The first-order valence-electron chi connectivity index (χ1n) is 12.9. The van der Waals surface area contributed by atoms with Gasteiger partial charge in [0.15, 0.2) is 0 Å². The number of anilines is 1.